The summed E-state index contributed by atoms with van der Waals surface area (Å²) in [6, 6.07) is 9.44. The molecule has 166 valence electrons. The lowest BCUT2D eigenvalue weighted by Crippen LogP contribution is -2.62. The summed E-state index contributed by atoms with van der Waals surface area (Å²) in [5, 5.41) is 21.2. The molecule has 3 aliphatic rings. The monoisotopic (exact) mass is 422 g/mol. The minimum absolute atomic E-state index is 0.105. The molecule has 0 radical (unpaired) electrons. The first-order valence-corrected chi connectivity index (χ1v) is 10.7. The Labute approximate surface area is 176 Å². The average Bonchev–Trinajstić information content (AvgIpc) is 2.78. The standard InChI is InChI=1S/C22H30O8/c1-2-26-20(25)13-8-10-15(11-9-13)28-22-18(24)17(23)19-16(29-22)12-27-21(30-19)14-6-4-3-5-7-14/h3-7,13,15-19,21-24H,2,8-12H2,1H3/t13?,15?,16?,17?,18?,19-,21?,22+/m0/s1. The second-order valence-corrected chi connectivity index (χ2v) is 8.06. The van der Waals surface area contributed by atoms with Gasteiger partial charge in [0.05, 0.1) is 25.2 Å². The second-order valence-electron chi connectivity index (χ2n) is 8.06. The minimum atomic E-state index is -1.23. The third-order valence-corrected chi connectivity index (χ3v) is 6.03. The summed E-state index contributed by atoms with van der Waals surface area (Å²) in [5.74, 6) is -0.264. The van der Waals surface area contributed by atoms with Gasteiger partial charge in [0, 0.05) is 5.56 Å². The fourth-order valence-electron chi connectivity index (χ4n) is 4.35. The van der Waals surface area contributed by atoms with E-state index in [0.29, 0.717) is 32.3 Å². The Morgan fingerprint density at radius 3 is 2.50 bits per heavy atom. The van der Waals surface area contributed by atoms with Crippen LogP contribution in [0.15, 0.2) is 30.3 Å². The van der Waals surface area contributed by atoms with Gasteiger partial charge in [0.2, 0.25) is 0 Å². The number of rotatable bonds is 5. The summed E-state index contributed by atoms with van der Waals surface area (Å²) in [6.45, 7) is 2.41. The van der Waals surface area contributed by atoms with Crippen LogP contribution < -0.4 is 0 Å². The van der Waals surface area contributed by atoms with Crippen molar-refractivity contribution in [3.63, 3.8) is 0 Å². The zero-order chi connectivity index (χ0) is 21.1. The number of aliphatic hydroxyl groups excluding tert-OH is 2. The van der Waals surface area contributed by atoms with E-state index in [1.165, 1.54) is 0 Å². The van der Waals surface area contributed by atoms with E-state index in [0.717, 1.165) is 5.56 Å². The van der Waals surface area contributed by atoms with Gasteiger partial charge < -0.3 is 33.9 Å². The van der Waals surface area contributed by atoms with E-state index in [2.05, 4.69) is 0 Å². The molecule has 3 fully saturated rings. The smallest absolute Gasteiger partial charge is 0.308 e. The van der Waals surface area contributed by atoms with Crippen molar-refractivity contribution in [2.24, 2.45) is 5.92 Å². The Balaban J connectivity index is 1.31. The first-order chi connectivity index (χ1) is 14.6. The van der Waals surface area contributed by atoms with Gasteiger partial charge >= 0.3 is 5.97 Å². The van der Waals surface area contributed by atoms with Crippen molar-refractivity contribution < 1.29 is 38.7 Å². The number of hydrogen-bond acceptors (Lipinski definition) is 8. The molecule has 8 nitrogen and oxygen atoms in total. The van der Waals surface area contributed by atoms with Crippen molar-refractivity contribution in [3.8, 4) is 0 Å². The van der Waals surface area contributed by atoms with Gasteiger partial charge in [0.15, 0.2) is 12.6 Å². The molecule has 2 N–H and O–H groups in total. The number of aliphatic hydroxyl groups is 2. The van der Waals surface area contributed by atoms with Gasteiger partial charge in [-0.25, -0.2) is 0 Å². The first-order valence-electron chi connectivity index (χ1n) is 10.7. The third-order valence-electron chi connectivity index (χ3n) is 6.03. The van der Waals surface area contributed by atoms with Crippen LogP contribution >= 0.6 is 0 Å². The second kappa shape index (κ2) is 9.72. The predicted molar refractivity (Wildman–Crippen MR) is 104 cm³/mol. The largest absolute Gasteiger partial charge is 0.466 e. The Bertz CT molecular complexity index is 688. The Hall–Kier alpha value is -1.55. The molecule has 4 rings (SSSR count). The van der Waals surface area contributed by atoms with Gasteiger partial charge in [-0.1, -0.05) is 30.3 Å². The molecule has 8 heteroatoms. The van der Waals surface area contributed by atoms with E-state index >= 15 is 0 Å². The first kappa shape index (κ1) is 21.7. The highest BCUT2D eigenvalue weighted by atomic mass is 16.8. The molecule has 6 atom stereocenters. The van der Waals surface area contributed by atoms with Crippen molar-refractivity contribution in [1.29, 1.82) is 0 Å². The number of carbonyl (C=O) groups is 1. The quantitative estimate of drug-likeness (QED) is 0.691. The predicted octanol–water partition coefficient (Wildman–Crippen LogP) is 1.69. The maximum Gasteiger partial charge on any atom is 0.308 e. The van der Waals surface area contributed by atoms with Crippen LogP contribution in [0.5, 0.6) is 0 Å². The summed E-state index contributed by atoms with van der Waals surface area (Å²) < 4.78 is 28.6. The van der Waals surface area contributed by atoms with Crippen LogP contribution in [0.2, 0.25) is 0 Å². The van der Waals surface area contributed by atoms with Crippen LogP contribution in [0, 0.1) is 5.92 Å². The molecule has 0 amide bonds. The number of esters is 1. The molecule has 1 aromatic rings. The zero-order valence-electron chi connectivity index (χ0n) is 17.1. The number of fused-ring (bicyclic) bond motifs is 1. The van der Waals surface area contributed by atoms with E-state index in [-0.39, 0.29) is 24.6 Å². The highest BCUT2D eigenvalue weighted by Gasteiger charge is 2.50. The maximum absolute atomic E-state index is 11.9. The van der Waals surface area contributed by atoms with Crippen LogP contribution in [-0.2, 0) is 28.5 Å². The molecule has 0 spiro atoms. The molecular formula is C22H30O8. The Morgan fingerprint density at radius 1 is 1.07 bits per heavy atom. The molecule has 30 heavy (non-hydrogen) atoms. The third kappa shape index (κ3) is 4.69. The van der Waals surface area contributed by atoms with E-state index in [1.807, 2.05) is 30.3 Å². The molecular weight excluding hydrogens is 392 g/mol. The van der Waals surface area contributed by atoms with Crippen molar-refractivity contribution in [1.82, 2.24) is 0 Å². The van der Waals surface area contributed by atoms with Crippen LogP contribution in [0.1, 0.15) is 44.5 Å². The van der Waals surface area contributed by atoms with Crippen LogP contribution in [0.3, 0.4) is 0 Å². The highest BCUT2D eigenvalue weighted by Crippen LogP contribution is 2.36. The van der Waals surface area contributed by atoms with Crippen LogP contribution in [0.25, 0.3) is 0 Å². The lowest BCUT2D eigenvalue weighted by atomic mass is 9.87. The molecule has 4 unspecified atom stereocenters. The van der Waals surface area contributed by atoms with E-state index in [9.17, 15) is 15.0 Å². The van der Waals surface area contributed by atoms with Gasteiger partial charge in [0.1, 0.15) is 24.4 Å². The average molecular weight is 422 g/mol. The fourth-order valence-corrected chi connectivity index (χ4v) is 4.35. The molecule has 1 aliphatic carbocycles. The van der Waals surface area contributed by atoms with Crippen molar-refractivity contribution in [3.05, 3.63) is 35.9 Å². The summed E-state index contributed by atoms with van der Waals surface area (Å²) in [4.78, 5) is 11.9. The molecule has 0 bridgehead atoms. The van der Waals surface area contributed by atoms with Gasteiger partial charge in [0.25, 0.3) is 0 Å². The molecule has 1 aromatic carbocycles. The van der Waals surface area contributed by atoms with Crippen molar-refractivity contribution >= 4 is 5.97 Å². The minimum Gasteiger partial charge on any atom is -0.466 e. The highest BCUT2D eigenvalue weighted by molar-refractivity contribution is 5.72. The van der Waals surface area contributed by atoms with Gasteiger partial charge in [-0.15, -0.1) is 0 Å². The maximum atomic E-state index is 11.9. The number of carbonyl (C=O) groups excluding carboxylic acids is 1. The van der Waals surface area contributed by atoms with Gasteiger partial charge in [-0.2, -0.15) is 0 Å². The summed E-state index contributed by atoms with van der Waals surface area (Å²) >= 11 is 0. The van der Waals surface area contributed by atoms with E-state index in [4.69, 9.17) is 23.7 Å². The topological polar surface area (TPSA) is 104 Å². The normalized spacial score (nSPS) is 39.2. The van der Waals surface area contributed by atoms with Crippen LogP contribution in [-0.4, -0.2) is 66.2 Å². The SMILES string of the molecule is CCOC(=O)C1CCC(O[C@@H]2OC3COC(c4ccccc4)O[C@@H]3C(O)C2O)CC1. The Morgan fingerprint density at radius 2 is 1.80 bits per heavy atom. The summed E-state index contributed by atoms with van der Waals surface area (Å²) in [6.07, 6.45) is -2.68. The van der Waals surface area contributed by atoms with Crippen molar-refractivity contribution in [2.75, 3.05) is 13.2 Å². The molecule has 2 aliphatic heterocycles. The molecule has 2 saturated heterocycles. The number of hydrogen-bond donors (Lipinski definition) is 2. The van der Waals surface area contributed by atoms with Crippen molar-refractivity contribution in [2.45, 2.75) is 75.7 Å². The van der Waals surface area contributed by atoms with Gasteiger partial charge in [-0.05, 0) is 32.6 Å². The van der Waals surface area contributed by atoms with E-state index < -0.39 is 37.0 Å². The van der Waals surface area contributed by atoms with Crippen LogP contribution in [0.4, 0.5) is 0 Å². The summed E-state index contributed by atoms with van der Waals surface area (Å²) in [5.41, 5.74) is 0.842. The van der Waals surface area contributed by atoms with Gasteiger partial charge in [-0.3, -0.25) is 4.79 Å². The lowest BCUT2D eigenvalue weighted by Gasteiger charge is -2.47. The zero-order valence-corrected chi connectivity index (χ0v) is 17.1. The lowest BCUT2D eigenvalue weighted by molar-refractivity contribution is -0.367. The fraction of sp³-hybridized carbons (Fsp3) is 0.682. The Kier molecular flexibility index (Phi) is 7.02. The number of benzene rings is 1. The number of ether oxygens (including phenoxy) is 5. The molecule has 2 heterocycles. The van der Waals surface area contributed by atoms with E-state index in [1.54, 1.807) is 6.92 Å². The molecule has 1 saturated carbocycles. The summed E-state index contributed by atoms with van der Waals surface area (Å²) in [7, 11) is 0. The molecule has 0 aromatic heterocycles.